The predicted molar refractivity (Wildman–Crippen MR) is 81.2 cm³/mol. The topological polar surface area (TPSA) is 86.7 Å². The first-order valence-electron chi connectivity index (χ1n) is 6.68. The average Bonchev–Trinajstić information content (AvgIpc) is 2.91. The lowest BCUT2D eigenvalue weighted by atomic mass is 10.1. The van der Waals surface area contributed by atoms with Crippen molar-refractivity contribution in [3.05, 3.63) is 35.4 Å². The quantitative estimate of drug-likeness (QED) is 0.813. The van der Waals surface area contributed by atoms with Gasteiger partial charge in [-0.05, 0) is 49.1 Å². The van der Waals surface area contributed by atoms with Gasteiger partial charge in [-0.3, -0.25) is 4.72 Å². The van der Waals surface area contributed by atoms with E-state index in [0.717, 1.165) is 30.0 Å². The van der Waals surface area contributed by atoms with Crippen LogP contribution >= 0.6 is 0 Å². The van der Waals surface area contributed by atoms with E-state index in [9.17, 15) is 13.2 Å². The third-order valence-corrected chi connectivity index (χ3v) is 4.87. The van der Waals surface area contributed by atoms with E-state index in [-0.39, 0.29) is 0 Å². The molecule has 6 nitrogen and oxygen atoms in total. The van der Waals surface area contributed by atoms with Crippen LogP contribution in [0.1, 0.15) is 24.0 Å². The van der Waals surface area contributed by atoms with Gasteiger partial charge in [-0.1, -0.05) is 6.07 Å². The third-order valence-electron chi connectivity index (χ3n) is 3.33. The van der Waals surface area contributed by atoms with Gasteiger partial charge in [-0.15, -0.1) is 0 Å². The Morgan fingerprint density at radius 1 is 1.33 bits per heavy atom. The molecule has 0 radical (unpaired) electrons. The molecular weight excluding hydrogens is 292 g/mol. The zero-order chi connectivity index (χ0) is 15.5. The maximum atomic E-state index is 12.1. The van der Waals surface area contributed by atoms with Crippen LogP contribution in [0.5, 0.6) is 0 Å². The number of aryl methyl sites for hydroxylation is 1. The summed E-state index contributed by atoms with van der Waals surface area (Å²) < 4.78 is 28.3. The highest BCUT2D eigenvalue weighted by atomic mass is 32.2. The number of carboxylic acid groups (broad SMARTS) is 1. The summed E-state index contributed by atoms with van der Waals surface area (Å²) in [7, 11) is -3.50. The fourth-order valence-electron chi connectivity index (χ4n) is 2.23. The van der Waals surface area contributed by atoms with Crippen molar-refractivity contribution < 1.29 is 18.3 Å². The Morgan fingerprint density at radius 3 is 2.57 bits per heavy atom. The van der Waals surface area contributed by atoms with Crippen molar-refractivity contribution in [2.75, 3.05) is 17.8 Å². The van der Waals surface area contributed by atoms with Crippen molar-refractivity contribution >= 4 is 27.9 Å². The van der Waals surface area contributed by atoms with Gasteiger partial charge in [0.05, 0.1) is 5.69 Å². The molecule has 1 fully saturated rings. The second-order valence-electron chi connectivity index (χ2n) is 4.96. The molecule has 1 aromatic rings. The van der Waals surface area contributed by atoms with Gasteiger partial charge in [0.2, 0.25) is 0 Å². The number of hydrogen-bond acceptors (Lipinski definition) is 3. The van der Waals surface area contributed by atoms with E-state index >= 15 is 0 Å². The minimum absolute atomic E-state index is 0.479. The van der Waals surface area contributed by atoms with Crippen LogP contribution in [0, 0.1) is 6.92 Å². The molecule has 7 heteroatoms. The van der Waals surface area contributed by atoms with Gasteiger partial charge in [0.15, 0.2) is 0 Å². The van der Waals surface area contributed by atoms with Gasteiger partial charge in [-0.2, -0.15) is 12.7 Å². The van der Waals surface area contributed by atoms with E-state index in [2.05, 4.69) is 4.72 Å². The maximum absolute atomic E-state index is 12.1. The number of nitrogens with one attached hydrogen (secondary N) is 1. The summed E-state index contributed by atoms with van der Waals surface area (Å²) in [5, 5.41) is 8.61. The fourth-order valence-corrected chi connectivity index (χ4v) is 3.52. The van der Waals surface area contributed by atoms with Gasteiger partial charge in [0.25, 0.3) is 0 Å². The molecule has 114 valence electrons. The maximum Gasteiger partial charge on any atom is 0.328 e. The number of rotatable bonds is 5. The Kier molecular flexibility index (Phi) is 4.64. The van der Waals surface area contributed by atoms with E-state index in [0.29, 0.717) is 18.8 Å². The summed E-state index contributed by atoms with van der Waals surface area (Å²) in [6.45, 7) is 2.90. The summed E-state index contributed by atoms with van der Waals surface area (Å²) in [6.07, 6.45) is 4.31. The number of anilines is 1. The molecule has 1 aliphatic heterocycles. The summed E-state index contributed by atoms with van der Waals surface area (Å²) in [4.78, 5) is 10.5. The average molecular weight is 310 g/mol. The van der Waals surface area contributed by atoms with E-state index in [4.69, 9.17) is 5.11 Å². The van der Waals surface area contributed by atoms with Gasteiger partial charge in [0, 0.05) is 19.2 Å². The number of carboxylic acids is 1. The number of aliphatic carboxylic acids is 1. The molecule has 0 atom stereocenters. The Balaban J connectivity index is 2.15. The predicted octanol–water partition coefficient (Wildman–Crippen LogP) is 1.85. The molecule has 0 aliphatic carbocycles. The molecule has 2 N–H and O–H groups in total. The number of carbonyl (C=O) groups is 1. The molecule has 1 aromatic carbocycles. The van der Waals surface area contributed by atoms with Crippen LogP contribution in [-0.4, -0.2) is 36.9 Å². The molecule has 0 saturated carbocycles. The number of nitrogens with zero attached hydrogens (tertiary/aromatic N) is 1. The Morgan fingerprint density at radius 2 is 2.00 bits per heavy atom. The van der Waals surface area contributed by atoms with Crippen molar-refractivity contribution in [3.63, 3.8) is 0 Å². The van der Waals surface area contributed by atoms with Crippen molar-refractivity contribution in [1.82, 2.24) is 4.31 Å². The van der Waals surface area contributed by atoms with Crippen molar-refractivity contribution in [2.24, 2.45) is 0 Å². The normalized spacial score (nSPS) is 16.4. The lowest BCUT2D eigenvalue weighted by Gasteiger charge is -2.17. The molecule has 2 rings (SSSR count). The number of benzene rings is 1. The Hall–Kier alpha value is -1.86. The molecule has 1 saturated heterocycles. The number of hydrogen-bond donors (Lipinski definition) is 2. The second-order valence-corrected chi connectivity index (χ2v) is 6.63. The van der Waals surface area contributed by atoms with Crippen LogP contribution in [0.3, 0.4) is 0 Å². The van der Waals surface area contributed by atoms with Crippen LogP contribution in [-0.2, 0) is 15.0 Å². The molecular formula is C14H18N2O4S. The monoisotopic (exact) mass is 310 g/mol. The van der Waals surface area contributed by atoms with E-state index in [1.165, 1.54) is 10.4 Å². The van der Waals surface area contributed by atoms with Crippen LogP contribution in [0.2, 0.25) is 0 Å². The molecule has 0 spiro atoms. The first-order valence-corrected chi connectivity index (χ1v) is 8.12. The molecule has 0 bridgehead atoms. The largest absolute Gasteiger partial charge is 0.478 e. The Bertz CT molecular complexity index is 662. The SMILES string of the molecule is Cc1cc(NS(=O)(=O)N2CCCC2)ccc1C=CC(=O)O. The highest BCUT2D eigenvalue weighted by Crippen LogP contribution is 2.20. The fraction of sp³-hybridized carbons (Fsp3) is 0.357. The molecule has 0 unspecified atom stereocenters. The summed E-state index contributed by atoms with van der Waals surface area (Å²) >= 11 is 0. The van der Waals surface area contributed by atoms with Crippen molar-refractivity contribution in [3.8, 4) is 0 Å². The second kappa shape index (κ2) is 6.28. The van der Waals surface area contributed by atoms with Gasteiger partial charge in [0.1, 0.15) is 0 Å². The summed E-state index contributed by atoms with van der Waals surface area (Å²) in [6, 6.07) is 5.01. The molecule has 1 aliphatic rings. The summed E-state index contributed by atoms with van der Waals surface area (Å²) in [5.41, 5.74) is 2.02. The molecule has 0 amide bonds. The lowest BCUT2D eigenvalue weighted by Crippen LogP contribution is -2.33. The van der Waals surface area contributed by atoms with Crippen LogP contribution < -0.4 is 4.72 Å². The molecule has 21 heavy (non-hydrogen) atoms. The van der Waals surface area contributed by atoms with E-state index in [1.54, 1.807) is 25.1 Å². The van der Waals surface area contributed by atoms with Crippen molar-refractivity contribution in [2.45, 2.75) is 19.8 Å². The minimum Gasteiger partial charge on any atom is -0.478 e. The first kappa shape index (κ1) is 15.5. The molecule has 0 aromatic heterocycles. The molecule has 1 heterocycles. The van der Waals surface area contributed by atoms with Gasteiger partial charge >= 0.3 is 16.2 Å². The Labute approximate surface area is 124 Å². The van der Waals surface area contributed by atoms with Crippen LogP contribution in [0.25, 0.3) is 6.08 Å². The summed E-state index contributed by atoms with van der Waals surface area (Å²) in [5.74, 6) is -1.02. The highest BCUT2D eigenvalue weighted by Gasteiger charge is 2.25. The minimum atomic E-state index is -3.50. The van der Waals surface area contributed by atoms with E-state index < -0.39 is 16.2 Å². The smallest absolute Gasteiger partial charge is 0.328 e. The zero-order valence-corrected chi connectivity index (χ0v) is 12.6. The van der Waals surface area contributed by atoms with E-state index in [1.807, 2.05) is 0 Å². The van der Waals surface area contributed by atoms with Crippen LogP contribution in [0.15, 0.2) is 24.3 Å². The lowest BCUT2D eigenvalue weighted by molar-refractivity contribution is -0.131. The van der Waals surface area contributed by atoms with Crippen molar-refractivity contribution in [1.29, 1.82) is 0 Å². The first-order chi connectivity index (χ1) is 9.88. The van der Waals surface area contributed by atoms with Gasteiger partial charge in [-0.25, -0.2) is 4.79 Å². The zero-order valence-electron chi connectivity index (χ0n) is 11.7. The van der Waals surface area contributed by atoms with Gasteiger partial charge < -0.3 is 5.11 Å². The van der Waals surface area contributed by atoms with Crippen LogP contribution in [0.4, 0.5) is 5.69 Å². The standard InChI is InChI=1S/C14H18N2O4S/c1-11-10-13(6-4-12(11)5-7-14(17)18)15-21(19,20)16-8-2-3-9-16/h4-7,10,15H,2-3,8-9H2,1H3,(H,17,18). The highest BCUT2D eigenvalue weighted by molar-refractivity contribution is 7.90. The third kappa shape index (κ3) is 4.05.